The van der Waals surface area contributed by atoms with Crippen molar-refractivity contribution in [2.45, 2.75) is 12.8 Å². The van der Waals surface area contributed by atoms with Crippen LogP contribution in [0, 0.1) is 0 Å². The minimum atomic E-state index is 0.266. The Labute approximate surface area is 129 Å². The number of anilines is 1. The largest absolute Gasteiger partial charge is 0.353 e. The van der Waals surface area contributed by atoms with Crippen LogP contribution in [0.25, 0.3) is 0 Å². The van der Waals surface area contributed by atoms with E-state index in [0.29, 0.717) is 6.42 Å². The van der Waals surface area contributed by atoms with Gasteiger partial charge in [-0.1, -0.05) is 6.07 Å². The highest BCUT2D eigenvalue weighted by atomic mass is 32.1. The number of pyridine rings is 1. The zero-order valence-electron chi connectivity index (χ0n) is 11.9. The van der Waals surface area contributed by atoms with Gasteiger partial charge in [-0.2, -0.15) is 11.3 Å². The third-order valence-electron chi connectivity index (χ3n) is 3.81. The lowest BCUT2D eigenvalue weighted by molar-refractivity contribution is -0.131. The molecule has 0 aromatic carbocycles. The van der Waals surface area contributed by atoms with Crippen LogP contribution in [0.3, 0.4) is 0 Å². The Bertz CT molecular complexity index is 562. The Morgan fingerprint density at radius 2 is 2.05 bits per heavy atom. The van der Waals surface area contributed by atoms with E-state index >= 15 is 0 Å². The second-order valence-electron chi connectivity index (χ2n) is 5.19. The van der Waals surface area contributed by atoms with Crippen molar-refractivity contribution in [3.63, 3.8) is 0 Å². The summed E-state index contributed by atoms with van der Waals surface area (Å²) >= 11 is 1.69. The van der Waals surface area contributed by atoms with Gasteiger partial charge in [-0.25, -0.2) is 4.98 Å². The molecule has 2 aromatic heterocycles. The summed E-state index contributed by atoms with van der Waals surface area (Å²) in [7, 11) is 0. The SMILES string of the molecule is O=C(CCc1ccsc1)N1CCN(c2ccccn2)CC1. The minimum Gasteiger partial charge on any atom is -0.353 e. The Hall–Kier alpha value is -1.88. The van der Waals surface area contributed by atoms with Gasteiger partial charge in [-0.15, -0.1) is 0 Å². The lowest BCUT2D eigenvalue weighted by atomic mass is 10.1. The molecule has 0 atom stereocenters. The Kier molecular flexibility index (Phi) is 4.50. The summed E-state index contributed by atoms with van der Waals surface area (Å²) in [6, 6.07) is 8.04. The van der Waals surface area contributed by atoms with Gasteiger partial charge in [0.1, 0.15) is 5.82 Å². The van der Waals surface area contributed by atoms with E-state index in [9.17, 15) is 4.79 Å². The topological polar surface area (TPSA) is 36.4 Å². The lowest BCUT2D eigenvalue weighted by Crippen LogP contribution is -2.49. The molecule has 110 valence electrons. The van der Waals surface area contributed by atoms with Crippen LogP contribution in [-0.4, -0.2) is 42.0 Å². The van der Waals surface area contributed by atoms with E-state index in [4.69, 9.17) is 0 Å². The third-order valence-corrected chi connectivity index (χ3v) is 4.55. The number of piperazine rings is 1. The van der Waals surface area contributed by atoms with Crippen molar-refractivity contribution < 1.29 is 4.79 Å². The fraction of sp³-hybridized carbons (Fsp3) is 0.375. The van der Waals surface area contributed by atoms with Crippen LogP contribution in [0.1, 0.15) is 12.0 Å². The Morgan fingerprint density at radius 1 is 1.19 bits per heavy atom. The van der Waals surface area contributed by atoms with Crippen LogP contribution in [-0.2, 0) is 11.2 Å². The van der Waals surface area contributed by atoms with Gasteiger partial charge >= 0.3 is 0 Å². The van der Waals surface area contributed by atoms with Gasteiger partial charge in [0.05, 0.1) is 0 Å². The number of amides is 1. The quantitative estimate of drug-likeness (QED) is 0.870. The first kappa shape index (κ1) is 14.1. The summed E-state index contributed by atoms with van der Waals surface area (Å²) in [5.74, 6) is 1.27. The van der Waals surface area contributed by atoms with Gasteiger partial charge < -0.3 is 9.80 Å². The van der Waals surface area contributed by atoms with E-state index in [1.54, 1.807) is 11.3 Å². The molecule has 1 saturated heterocycles. The van der Waals surface area contributed by atoms with Crippen molar-refractivity contribution in [1.29, 1.82) is 0 Å². The Balaban J connectivity index is 1.48. The van der Waals surface area contributed by atoms with E-state index in [2.05, 4.69) is 26.7 Å². The zero-order valence-corrected chi connectivity index (χ0v) is 12.8. The number of nitrogens with zero attached hydrogens (tertiary/aromatic N) is 3. The average molecular weight is 301 g/mol. The maximum atomic E-state index is 12.2. The summed E-state index contributed by atoms with van der Waals surface area (Å²) in [6.45, 7) is 3.31. The second kappa shape index (κ2) is 6.72. The molecule has 4 nitrogen and oxygen atoms in total. The highest BCUT2D eigenvalue weighted by Gasteiger charge is 2.21. The molecule has 1 fully saturated rings. The van der Waals surface area contributed by atoms with Crippen LogP contribution in [0.4, 0.5) is 5.82 Å². The number of aryl methyl sites for hydroxylation is 1. The molecule has 0 aliphatic carbocycles. The molecular formula is C16H19N3OS. The normalized spacial score (nSPS) is 15.2. The first-order valence-corrected chi connectivity index (χ1v) is 8.22. The summed E-state index contributed by atoms with van der Waals surface area (Å²) < 4.78 is 0. The van der Waals surface area contributed by atoms with Gasteiger partial charge in [-0.05, 0) is 40.9 Å². The van der Waals surface area contributed by atoms with Crippen molar-refractivity contribution in [3.05, 3.63) is 46.8 Å². The van der Waals surface area contributed by atoms with Crippen molar-refractivity contribution in [2.75, 3.05) is 31.1 Å². The molecule has 0 unspecified atom stereocenters. The van der Waals surface area contributed by atoms with Crippen molar-refractivity contribution in [2.24, 2.45) is 0 Å². The third kappa shape index (κ3) is 3.61. The molecule has 1 amide bonds. The van der Waals surface area contributed by atoms with E-state index in [-0.39, 0.29) is 5.91 Å². The molecule has 21 heavy (non-hydrogen) atoms. The number of carbonyl (C=O) groups excluding carboxylic acids is 1. The summed E-state index contributed by atoms with van der Waals surface area (Å²) in [5, 5.41) is 4.18. The van der Waals surface area contributed by atoms with Gasteiger partial charge in [0, 0.05) is 38.8 Å². The molecule has 3 heterocycles. The monoisotopic (exact) mass is 301 g/mol. The van der Waals surface area contributed by atoms with Crippen LogP contribution in [0.2, 0.25) is 0 Å². The van der Waals surface area contributed by atoms with Gasteiger partial charge in [-0.3, -0.25) is 4.79 Å². The zero-order chi connectivity index (χ0) is 14.5. The predicted molar refractivity (Wildman–Crippen MR) is 85.7 cm³/mol. The summed E-state index contributed by atoms with van der Waals surface area (Å²) in [6.07, 6.45) is 3.27. The van der Waals surface area contributed by atoms with Gasteiger partial charge in [0.2, 0.25) is 5.91 Å². The van der Waals surface area contributed by atoms with Crippen molar-refractivity contribution in [3.8, 4) is 0 Å². The van der Waals surface area contributed by atoms with E-state index in [0.717, 1.165) is 38.4 Å². The number of aromatic nitrogens is 1. The Morgan fingerprint density at radius 3 is 2.71 bits per heavy atom. The molecule has 5 heteroatoms. The highest BCUT2D eigenvalue weighted by Crippen LogP contribution is 2.14. The number of thiophene rings is 1. The minimum absolute atomic E-state index is 0.266. The average Bonchev–Trinajstić information content (AvgIpc) is 3.07. The first-order chi connectivity index (χ1) is 10.3. The van der Waals surface area contributed by atoms with Crippen LogP contribution < -0.4 is 4.90 Å². The fourth-order valence-electron chi connectivity index (χ4n) is 2.57. The van der Waals surface area contributed by atoms with Crippen molar-refractivity contribution >= 4 is 23.1 Å². The molecular weight excluding hydrogens is 282 g/mol. The number of rotatable bonds is 4. The van der Waals surface area contributed by atoms with E-state index in [1.165, 1.54) is 5.56 Å². The van der Waals surface area contributed by atoms with Gasteiger partial charge in [0.25, 0.3) is 0 Å². The van der Waals surface area contributed by atoms with Crippen LogP contribution in [0.5, 0.6) is 0 Å². The van der Waals surface area contributed by atoms with E-state index in [1.807, 2.05) is 29.3 Å². The molecule has 0 spiro atoms. The smallest absolute Gasteiger partial charge is 0.223 e. The molecule has 0 saturated carbocycles. The molecule has 1 aliphatic heterocycles. The molecule has 0 N–H and O–H groups in total. The van der Waals surface area contributed by atoms with Crippen molar-refractivity contribution in [1.82, 2.24) is 9.88 Å². The lowest BCUT2D eigenvalue weighted by Gasteiger charge is -2.35. The molecule has 3 rings (SSSR count). The summed E-state index contributed by atoms with van der Waals surface area (Å²) in [5.41, 5.74) is 1.26. The number of hydrogen-bond acceptors (Lipinski definition) is 4. The molecule has 2 aromatic rings. The first-order valence-electron chi connectivity index (χ1n) is 7.28. The van der Waals surface area contributed by atoms with Crippen LogP contribution >= 0.6 is 11.3 Å². The maximum Gasteiger partial charge on any atom is 0.223 e. The predicted octanol–water partition coefficient (Wildman–Crippen LogP) is 2.42. The second-order valence-corrected chi connectivity index (χ2v) is 5.97. The fourth-order valence-corrected chi connectivity index (χ4v) is 3.27. The highest BCUT2D eigenvalue weighted by molar-refractivity contribution is 7.07. The number of carbonyl (C=O) groups is 1. The summed E-state index contributed by atoms with van der Waals surface area (Å²) in [4.78, 5) is 20.8. The molecule has 1 aliphatic rings. The van der Waals surface area contributed by atoms with E-state index < -0.39 is 0 Å². The maximum absolute atomic E-state index is 12.2. The standard InChI is InChI=1S/C16H19N3OS/c20-16(5-4-14-6-12-21-13-14)19-10-8-18(9-11-19)15-3-1-2-7-17-15/h1-3,6-7,12-13H,4-5,8-11H2. The van der Waals surface area contributed by atoms with Crippen LogP contribution in [0.15, 0.2) is 41.2 Å². The van der Waals surface area contributed by atoms with Gasteiger partial charge in [0.15, 0.2) is 0 Å². The number of hydrogen-bond donors (Lipinski definition) is 0. The molecule has 0 radical (unpaired) electrons. The molecule has 0 bridgehead atoms.